The molecule has 0 aliphatic heterocycles. The molecule has 0 aliphatic rings. The normalized spacial score (nSPS) is 11.0. The fourth-order valence-electron chi connectivity index (χ4n) is 3.33. The fourth-order valence-corrected chi connectivity index (χ4v) is 3.33. The number of aromatic nitrogens is 4. The van der Waals surface area contributed by atoms with E-state index in [1.807, 2.05) is 56.4 Å². The van der Waals surface area contributed by atoms with Crippen molar-refractivity contribution in [2.24, 2.45) is 0 Å². The van der Waals surface area contributed by atoms with Crippen molar-refractivity contribution in [3.8, 4) is 0 Å². The summed E-state index contributed by atoms with van der Waals surface area (Å²) < 4.78 is 1.46. The highest BCUT2D eigenvalue weighted by Gasteiger charge is 2.18. The SMILES string of the molecule is Cc1nn(C(=O)NCc2ccccc2)c(C)c1Cc1c[nH]c2ncccc12. The van der Waals surface area contributed by atoms with Gasteiger partial charge in [0.15, 0.2) is 0 Å². The first-order chi connectivity index (χ1) is 13.1. The van der Waals surface area contributed by atoms with Gasteiger partial charge in [-0.15, -0.1) is 0 Å². The number of hydrogen-bond acceptors (Lipinski definition) is 3. The number of fused-ring (bicyclic) bond motifs is 1. The van der Waals surface area contributed by atoms with Crippen molar-refractivity contribution in [2.75, 3.05) is 0 Å². The third-order valence-corrected chi connectivity index (χ3v) is 4.82. The fraction of sp³-hybridized carbons (Fsp3) is 0.190. The molecule has 1 amide bonds. The van der Waals surface area contributed by atoms with Gasteiger partial charge in [-0.2, -0.15) is 9.78 Å². The van der Waals surface area contributed by atoms with Crippen molar-refractivity contribution in [1.82, 2.24) is 25.1 Å². The second-order valence-electron chi connectivity index (χ2n) is 6.60. The summed E-state index contributed by atoms with van der Waals surface area (Å²) in [5.74, 6) is 0. The van der Waals surface area contributed by atoms with E-state index in [1.54, 1.807) is 6.20 Å². The number of carbonyl (C=O) groups is 1. The number of benzene rings is 1. The van der Waals surface area contributed by atoms with Crippen LogP contribution in [-0.2, 0) is 13.0 Å². The summed E-state index contributed by atoms with van der Waals surface area (Å²) in [5.41, 5.74) is 5.86. The molecule has 0 radical (unpaired) electrons. The Bertz CT molecular complexity index is 1090. The Morgan fingerprint density at radius 1 is 1.15 bits per heavy atom. The Morgan fingerprint density at radius 2 is 1.96 bits per heavy atom. The third-order valence-electron chi connectivity index (χ3n) is 4.82. The maximum atomic E-state index is 12.6. The van der Waals surface area contributed by atoms with Gasteiger partial charge in [0.25, 0.3) is 0 Å². The van der Waals surface area contributed by atoms with Crippen LogP contribution in [0, 0.1) is 13.8 Å². The van der Waals surface area contributed by atoms with E-state index in [0.29, 0.717) is 13.0 Å². The van der Waals surface area contributed by atoms with Crippen LogP contribution < -0.4 is 5.32 Å². The predicted octanol–water partition coefficient (Wildman–Crippen LogP) is 3.72. The molecule has 6 heteroatoms. The molecule has 136 valence electrons. The van der Waals surface area contributed by atoms with Crippen LogP contribution in [-0.4, -0.2) is 25.8 Å². The average molecular weight is 359 g/mol. The maximum absolute atomic E-state index is 12.6. The second kappa shape index (κ2) is 7.07. The van der Waals surface area contributed by atoms with Crippen LogP contribution in [0.3, 0.4) is 0 Å². The number of nitrogens with zero attached hydrogens (tertiary/aromatic N) is 3. The first-order valence-electron chi connectivity index (χ1n) is 8.91. The first kappa shape index (κ1) is 17.0. The summed E-state index contributed by atoms with van der Waals surface area (Å²) >= 11 is 0. The van der Waals surface area contributed by atoms with Crippen LogP contribution in [0.15, 0.2) is 54.9 Å². The van der Waals surface area contributed by atoms with E-state index in [9.17, 15) is 4.79 Å². The van der Waals surface area contributed by atoms with E-state index in [2.05, 4.69) is 26.4 Å². The van der Waals surface area contributed by atoms with Gasteiger partial charge < -0.3 is 10.3 Å². The minimum atomic E-state index is -0.216. The third kappa shape index (κ3) is 3.33. The summed E-state index contributed by atoms with van der Waals surface area (Å²) in [6.07, 6.45) is 4.45. The van der Waals surface area contributed by atoms with E-state index in [1.165, 1.54) is 4.68 Å². The molecule has 3 aromatic heterocycles. The van der Waals surface area contributed by atoms with Gasteiger partial charge in [-0.05, 0) is 37.1 Å². The van der Waals surface area contributed by atoms with Crippen LogP contribution in [0.5, 0.6) is 0 Å². The molecule has 4 aromatic rings. The van der Waals surface area contributed by atoms with Crippen molar-refractivity contribution < 1.29 is 4.79 Å². The number of pyridine rings is 1. The smallest absolute Gasteiger partial charge is 0.342 e. The molecule has 0 unspecified atom stereocenters. The van der Waals surface area contributed by atoms with Crippen molar-refractivity contribution in [1.29, 1.82) is 0 Å². The number of H-pyrrole nitrogens is 1. The number of nitrogens with one attached hydrogen (secondary N) is 2. The molecule has 27 heavy (non-hydrogen) atoms. The number of hydrogen-bond donors (Lipinski definition) is 2. The summed E-state index contributed by atoms with van der Waals surface area (Å²) in [6, 6.07) is 13.6. The monoisotopic (exact) mass is 359 g/mol. The van der Waals surface area contributed by atoms with Crippen molar-refractivity contribution >= 4 is 17.1 Å². The van der Waals surface area contributed by atoms with Gasteiger partial charge in [0.05, 0.1) is 5.69 Å². The lowest BCUT2D eigenvalue weighted by Crippen LogP contribution is -2.29. The largest absolute Gasteiger partial charge is 0.346 e. The minimum Gasteiger partial charge on any atom is -0.346 e. The van der Waals surface area contributed by atoms with Gasteiger partial charge in [-0.3, -0.25) is 0 Å². The molecule has 2 N–H and O–H groups in total. The number of aromatic amines is 1. The molecular formula is C21H21N5O. The highest BCUT2D eigenvalue weighted by atomic mass is 16.2. The van der Waals surface area contributed by atoms with Gasteiger partial charge in [0.2, 0.25) is 0 Å². The zero-order valence-corrected chi connectivity index (χ0v) is 15.4. The standard InChI is InChI=1S/C21H21N5O/c1-14-19(11-17-13-23-20-18(17)9-6-10-22-20)15(2)26(25-14)21(27)24-12-16-7-4-3-5-8-16/h3-10,13H,11-12H2,1-2H3,(H,22,23)(H,24,27). The van der Waals surface area contributed by atoms with Crippen LogP contribution in [0.25, 0.3) is 11.0 Å². The highest BCUT2D eigenvalue weighted by Crippen LogP contribution is 2.23. The van der Waals surface area contributed by atoms with E-state index >= 15 is 0 Å². The Hall–Kier alpha value is -3.41. The molecule has 6 nitrogen and oxygen atoms in total. The van der Waals surface area contributed by atoms with Gasteiger partial charge in [0, 0.05) is 42.0 Å². The number of rotatable bonds is 4. The van der Waals surface area contributed by atoms with E-state index < -0.39 is 0 Å². The zero-order chi connectivity index (χ0) is 18.8. The van der Waals surface area contributed by atoms with Gasteiger partial charge in [-0.25, -0.2) is 9.78 Å². The Kier molecular flexibility index (Phi) is 4.46. The lowest BCUT2D eigenvalue weighted by Gasteiger charge is -2.07. The van der Waals surface area contributed by atoms with Crippen molar-refractivity contribution in [3.05, 3.63) is 82.9 Å². The average Bonchev–Trinajstić information content (AvgIpc) is 3.23. The summed E-state index contributed by atoms with van der Waals surface area (Å²) in [4.78, 5) is 20.1. The van der Waals surface area contributed by atoms with Crippen LogP contribution in [0.1, 0.15) is 28.1 Å². The maximum Gasteiger partial charge on any atom is 0.342 e. The Labute approximate surface area is 157 Å². The highest BCUT2D eigenvalue weighted by molar-refractivity contribution is 5.80. The molecule has 0 atom stereocenters. The zero-order valence-electron chi connectivity index (χ0n) is 15.4. The molecule has 1 aromatic carbocycles. The molecule has 0 saturated heterocycles. The molecule has 0 aliphatic carbocycles. The molecule has 0 fully saturated rings. The second-order valence-corrected chi connectivity index (χ2v) is 6.60. The van der Waals surface area contributed by atoms with E-state index in [4.69, 9.17) is 0 Å². The molecule has 0 bridgehead atoms. The van der Waals surface area contributed by atoms with Crippen molar-refractivity contribution in [2.45, 2.75) is 26.8 Å². The van der Waals surface area contributed by atoms with Crippen LogP contribution in [0.4, 0.5) is 4.79 Å². The molecule has 0 spiro atoms. The van der Waals surface area contributed by atoms with Gasteiger partial charge >= 0.3 is 6.03 Å². The summed E-state index contributed by atoms with van der Waals surface area (Å²) in [7, 11) is 0. The number of amides is 1. The van der Waals surface area contributed by atoms with Crippen molar-refractivity contribution in [3.63, 3.8) is 0 Å². The summed E-state index contributed by atoms with van der Waals surface area (Å²) in [5, 5.41) is 8.49. The predicted molar refractivity (Wildman–Crippen MR) is 105 cm³/mol. The summed E-state index contributed by atoms with van der Waals surface area (Å²) in [6.45, 7) is 4.35. The lowest BCUT2D eigenvalue weighted by molar-refractivity contribution is 0.238. The Balaban J connectivity index is 1.55. The van der Waals surface area contributed by atoms with Gasteiger partial charge in [0.1, 0.15) is 5.65 Å². The van der Waals surface area contributed by atoms with Gasteiger partial charge in [-0.1, -0.05) is 30.3 Å². The molecule has 4 rings (SSSR count). The number of aryl methyl sites for hydroxylation is 1. The topological polar surface area (TPSA) is 75.6 Å². The number of carbonyl (C=O) groups excluding carboxylic acids is 1. The first-order valence-corrected chi connectivity index (χ1v) is 8.91. The van der Waals surface area contributed by atoms with E-state index in [0.717, 1.165) is 39.1 Å². The quantitative estimate of drug-likeness (QED) is 0.583. The molecule has 3 heterocycles. The van der Waals surface area contributed by atoms with E-state index in [-0.39, 0.29) is 6.03 Å². The minimum absolute atomic E-state index is 0.216. The van der Waals surface area contributed by atoms with Crippen LogP contribution >= 0.6 is 0 Å². The Morgan fingerprint density at radius 3 is 2.78 bits per heavy atom. The lowest BCUT2D eigenvalue weighted by atomic mass is 10.0. The van der Waals surface area contributed by atoms with Crippen LogP contribution in [0.2, 0.25) is 0 Å². The molecule has 0 saturated carbocycles. The molecular weight excluding hydrogens is 338 g/mol.